The normalized spacial score (nSPS) is 13.2. The third-order valence-corrected chi connectivity index (χ3v) is 6.90. The summed E-state index contributed by atoms with van der Waals surface area (Å²) in [5, 5.41) is 2.09. The van der Waals surface area contributed by atoms with E-state index >= 15 is 0 Å². The first kappa shape index (κ1) is 17.1. The monoisotopic (exact) mass is 372 g/mol. The second kappa shape index (κ2) is 5.33. The molecule has 2 aliphatic rings. The molecule has 0 bridgehead atoms. The van der Waals surface area contributed by atoms with Gasteiger partial charge in [-0.2, -0.15) is 13.2 Å². The van der Waals surface area contributed by atoms with Crippen molar-refractivity contribution in [3.8, 4) is 11.4 Å². The summed E-state index contributed by atoms with van der Waals surface area (Å²) in [6.07, 6.45) is -4.40. The molecule has 0 N–H and O–H groups in total. The van der Waals surface area contributed by atoms with Crippen LogP contribution in [0.15, 0.2) is 42.5 Å². The van der Waals surface area contributed by atoms with Gasteiger partial charge in [0.1, 0.15) is 5.82 Å². The lowest BCUT2D eigenvalue weighted by atomic mass is 10.0. The van der Waals surface area contributed by atoms with E-state index in [0.29, 0.717) is 10.9 Å². The maximum Gasteiger partial charge on any atom is 0.417 e. The van der Waals surface area contributed by atoms with Crippen LogP contribution in [0, 0.1) is 0 Å². The molecule has 0 saturated carbocycles. The SMILES string of the molecule is Cn1c2nc3ccccc3c-2c([Si](C)(C)C)c2c(C(F)(F)F)cccc21. The molecule has 0 saturated heterocycles. The molecule has 4 rings (SSSR count). The highest BCUT2D eigenvalue weighted by atomic mass is 28.3. The average Bonchev–Trinajstić information content (AvgIpc) is 2.92. The Bertz CT molecular complexity index is 1120. The first-order valence-electron chi connectivity index (χ1n) is 8.48. The molecule has 0 spiro atoms. The molecule has 0 radical (unpaired) electrons. The largest absolute Gasteiger partial charge is 0.417 e. The van der Waals surface area contributed by atoms with Gasteiger partial charge in [-0.1, -0.05) is 43.9 Å². The van der Waals surface area contributed by atoms with Crippen LogP contribution in [0.3, 0.4) is 0 Å². The molecular formula is C20H19F3N2Si. The van der Waals surface area contributed by atoms with Gasteiger partial charge in [0, 0.05) is 28.9 Å². The zero-order chi connectivity index (χ0) is 18.9. The highest BCUT2D eigenvalue weighted by Crippen LogP contribution is 2.40. The van der Waals surface area contributed by atoms with Crippen LogP contribution in [-0.4, -0.2) is 17.6 Å². The van der Waals surface area contributed by atoms with Crippen LogP contribution in [0.5, 0.6) is 0 Å². The molecule has 26 heavy (non-hydrogen) atoms. The zero-order valence-electron chi connectivity index (χ0n) is 15.1. The molecule has 0 fully saturated rings. The fraction of sp³-hybridized carbons (Fsp3) is 0.250. The molecule has 0 aromatic heterocycles. The minimum atomic E-state index is -4.40. The van der Waals surface area contributed by atoms with Crippen molar-refractivity contribution in [1.29, 1.82) is 0 Å². The summed E-state index contributed by atoms with van der Waals surface area (Å²) in [5.74, 6) is 0.746. The maximum absolute atomic E-state index is 13.8. The summed E-state index contributed by atoms with van der Waals surface area (Å²) in [4.78, 5) is 4.73. The molecule has 2 aromatic carbocycles. The van der Waals surface area contributed by atoms with E-state index in [2.05, 4.69) is 19.6 Å². The van der Waals surface area contributed by atoms with Crippen LogP contribution in [-0.2, 0) is 13.2 Å². The van der Waals surface area contributed by atoms with Crippen LogP contribution in [0.1, 0.15) is 5.56 Å². The maximum atomic E-state index is 13.8. The van der Waals surface area contributed by atoms with Crippen molar-refractivity contribution in [2.45, 2.75) is 25.8 Å². The van der Waals surface area contributed by atoms with E-state index in [4.69, 9.17) is 4.98 Å². The van der Waals surface area contributed by atoms with Crippen molar-refractivity contribution in [2.75, 3.05) is 0 Å². The van der Waals surface area contributed by atoms with Crippen molar-refractivity contribution in [1.82, 2.24) is 9.55 Å². The van der Waals surface area contributed by atoms with Gasteiger partial charge < -0.3 is 4.57 Å². The van der Waals surface area contributed by atoms with E-state index in [0.717, 1.165) is 27.5 Å². The molecule has 0 atom stereocenters. The first-order valence-corrected chi connectivity index (χ1v) is 12.0. The Balaban J connectivity index is 2.38. The fourth-order valence-corrected chi connectivity index (χ4v) is 5.88. The Labute approximate surface area is 150 Å². The van der Waals surface area contributed by atoms with Gasteiger partial charge in [0.2, 0.25) is 0 Å². The second-order valence-electron chi connectivity index (χ2n) is 7.71. The van der Waals surface area contributed by atoms with Crippen LogP contribution in [0.4, 0.5) is 13.2 Å². The van der Waals surface area contributed by atoms with Crippen molar-refractivity contribution < 1.29 is 13.2 Å². The molecule has 0 unspecified atom stereocenters. The minimum Gasteiger partial charge on any atom is -0.328 e. The van der Waals surface area contributed by atoms with Gasteiger partial charge in [-0.05, 0) is 23.4 Å². The van der Waals surface area contributed by atoms with Gasteiger partial charge in [-0.3, -0.25) is 0 Å². The number of hydrogen-bond donors (Lipinski definition) is 0. The van der Waals surface area contributed by atoms with E-state index in [1.165, 1.54) is 12.1 Å². The van der Waals surface area contributed by atoms with E-state index in [1.54, 1.807) is 17.7 Å². The smallest absolute Gasteiger partial charge is 0.328 e. The number of benzene rings is 2. The highest BCUT2D eigenvalue weighted by molar-refractivity contribution is 6.91. The summed E-state index contributed by atoms with van der Waals surface area (Å²) in [6.45, 7) is 6.28. The zero-order valence-corrected chi connectivity index (χ0v) is 16.1. The number of aryl methyl sites for hydroxylation is 1. The number of aromatic nitrogens is 2. The van der Waals surface area contributed by atoms with Gasteiger partial charge in [-0.25, -0.2) is 4.98 Å². The lowest BCUT2D eigenvalue weighted by molar-refractivity contribution is -0.136. The summed E-state index contributed by atoms with van der Waals surface area (Å²) in [5.41, 5.74) is 1.70. The van der Waals surface area contributed by atoms with Gasteiger partial charge in [0.15, 0.2) is 0 Å². The number of pyridine rings is 1. The number of halogens is 3. The minimum absolute atomic E-state index is 0.326. The van der Waals surface area contributed by atoms with Crippen molar-refractivity contribution in [2.24, 2.45) is 7.05 Å². The van der Waals surface area contributed by atoms with Crippen molar-refractivity contribution in [3.63, 3.8) is 0 Å². The molecular weight excluding hydrogens is 353 g/mol. The quantitative estimate of drug-likeness (QED) is 0.409. The first-order chi connectivity index (χ1) is 12.1. The molecule has 0 aliphatic carbocycles. The third kappa shape index (κ3) is 2.35. The molecule has 6 heteroatoms. The molecule has 2 aromatic rings. The Morgan fingerprint density at radius 2 is 1.65 bits per heavy atom. The van der Waals surface area contributed by atoms with Crippen molar-refractivity contribution >= 4 is 35.1 Å². The van der Waals surface area contributed by atoms with Crippen molar-refractivity contribution in [3.05, 3.63) is 48.0 Å². The van der Waals surface area contributed by atoms with Gasteiger partial charge in [0.05, 0.1) is 19.2 Å². The molecule has 134 valence electrons. The highest BCUT2D eigenvalue weighted by Gasteiger charge is 2.38. The Morgan fingerprint density at radius 1 is 0.962 bits per heavy atom. The number of para-hydroxylation sites is 1. The summed E-state index contributed by atoms with van der Waals surface area (Å²) in [7, 11) is -0.333. The number of fused-ring (bicyclic) bond motifs is 4. The molecule has 2 aliphatic heterocycles. The molecule has 2 nitrogen and oxygen atoms in total. The Morgan fingerprint density at radius 3 is 2.31 bits per heavy atom. The fourth-order valence-electron chi connectivity index (χ4n) is 3.87. The predicted octanol–water partition coefficient (Wildman–Crippen LogP) is 5.40. The van der Waals surface area contributed by atoms with Crippen LogP contribution in [0.25, 0.3) is 33.2 Å². The van der Waals surface area contributed by atoms with Crippen LogP contribution >= 0.6 is 0 Å². The van der Waals surface area contributed by atoms with Crippen LogP contribution in [0.2, 0.25) is 19.6 Å². The standard InChI is InChI=1S/C20H19F3N2Si/c1-25-15-11-7-9-13(20(21,22)23)17(15)18(26(2,3)4)16-12-8-5-6-10-14(12)24-19(16)25/h5-11H,1-4H3. The van der Waals surface area contributed by atoms with E-state index in [-0.39, 0.29) is 0 Å². The van der Waals surface area contributed by atoms with E-state index in [9.17, 15) is 13.2 Å². The second-order valence-corrected chi connectivity index (χ2v) is 12.7. The van der Waals surface area contributed by atoms with Gasteiger partial charge in [-0.15, -0.1) is 0 Å². The third-order valence-electron chi connectivity index (χ3n) is 4.90. The Kier molecular flexibility index (Phi) is 3.50. The topological polar surface area (TPSA) is 17.8 Å². The summed E-state index contributed by atoms with van der Waals surface area (Å²) < 4.78 is 43.3. The summed E-state index contributed by atoms with van der Waals surface area (Å²) in [6, 6.07) is 12.1. The summed E-state index contributed by atoms with van der Waals surface area (Å²) >= 11 is 0. The number of hydrogen-bond acceptors (Lipinski definition) is 1. The van der Waals surface area contributed by atoms with Gasteiger partial charge in [0.25, 0.3) is 0 Å². The van der Waals surface area contributed by atoms with E-state index in [1.807, 2.05) is 24.3 Å². The molecule has 2 heterocycles. The average molecular weight is 372 g/mol. The number of alkyl halides is 3. The molecule has 0 amide bonds. The van der Waals surface area contributed by atoms with Gasteiger partial charge >= 0.3 is 6.18 Å². The lowest BCUT2D eigenvalue weighted by Crippen LogP contribution is -2.41. The Hall–Kier alpha value is -2.34. The van der Waals surface area contributed by atoms with Crippen LogP contribution < -0.4 is 5.19 Å². The lowest BCUT2D eigenvalue weighted by Gasteiger charge is -2.27. The number of rotatable bonds is 1. The van der Waals surface area contributed by atoms with E-state index < -0.39 is 19.8 Å². The predicted molar refractivity (Wildman–Crippen MR) is 103 cm³/mol. The number of nitrogens with zero attached hydrogens (tertiary/aromatic N) is 2.